The summed E-state index contributed by atoms with van der Waals surface area (Å²) in [5.74, 6) is 0.0564. The number of fused-ring (bicyclic) bond motifs is 6. The van der Waals surface area contributed by atoms with Gasteiger partial charge in [-0.25, -0.2) is 0 Å². The number of allylic oxidation sites excluding steroid dienone is 2. The molecule has 0 saturated carbocycles. The third-order valence-electron chi connectivity index (χ3n) is 19.7. The van der Waals surface area contributed by atoms with Crippen molar-refractivity contribution < 1.29 is 4.74 Å². The zero-order chi connectivity index (χ0) is 63.7. The van der Waals surface area contributed by atoms with Crippen molar-refractivity contribution in [1.82, 2.24) is 0 Å². The monoisotopic (exact) mass is 1230 g/mol. The molecule has 1 aliphatic heterocycles. The van der Waals surface area contributed by atoms with E-state index in [0.717, 1.165) is 59.4 Å². The van der Waals surface area contributed by atoms with Crippen LogP contribution in [0.5, 0.6) is 0 Å². The topological polar surface area (TPSA) is 83.8 Å². The normalized spacial score (nSPS) is 14.6. The summed E-state index contributed by atoms with van der Waals surface area (Å²) < 4.78 is 6.57. The largest absolute Gasteiger partial charge is 0.479 e. The molecule has 2 aromatic heterocycles. The minimum Gasteiger partial charge on any atom is -0.479 e. The van der Waals surface area contributed by atoms with E-state index in [-0.39, 0.29) is 16.9 Å². The molecule has 0 saturated heterocycles. The number of benzene rings is 6. The lowest BCUT2D eigenvalue weighted by Crippen LogP contribution is -2.30. The van der Waals surface area contributed by atoms with E-state index in [1.807, 2.05) is 37.3 Å². The van der Waals surface area contributed by atoms with Crippen LogP contribution in [0.4, 0.5) is 5.69 Å². The second-order valence-corrected chi connectivity index (χ2v) is 28.6. The van der Waals surface area contributed by atoms with Crippen LogP contribution in [0.15, 0.2) is 162 Å². The molecular formula is C84H90N4OS2. The number of aryl methyl sites for hydroxylation is 4. The van der Waals surface area contributed by atoms with Gasteiger partial charge in [-0.15, -0.1) is 22.7 Å². The van der Waals surface area contributed by atoms with Crippen LogP contribution in [0, 0.1) is 34.0 Å². The van der Waals surface area contributed by atoms with Gasteiger partial charge in [0.2, 0.25) is 0 Å². The molecule has 0 radical (unpaired) electrons. The maximum Gasteiger partial charge on any atom is 0.172 e. The summed E-state index contributed by atoms with van der Waals surface area (Å²) >= 11 is 3.62. The lowest BCUT2D eigenvalue weighted by molar-refractivity contribution is 0.109. The van der Waals surface area contributed by atoms with E-state index in [4.69, 9.17) is 4.74 Å². The molecule has 0 spiro atoms. The number of hydrogen-bond donors (Lipinski definition) is 0. The second kappa shape index (κ2) is 28.7. The fraction of sp³-hybridized carbons (Fsp3) is 0.369. The summed E-state index contributed by atoms with van der Waals surface area (Å²) in [5.41, 5.74) is 18.3. The van der Waals surface area contributed by atoms with E-state index in [2.05, 4.69) is 211 Å². The first-order valence-electron chi connectivity index (χ1n) is 34.1. The quantitative estimate of drug-likeness (QED) is 0.0360. The van der Waals surface area contributed by atoms with Crippen molar-refractivity contribution in [2.24, 2.45) is 0 Å². The Morgan fingerprint density at radius 1 is 0.462 bits per heavy atom. The van der Waals surface area contributed by atoms with Crippen molar-refractivity contribution in [2.75, 3.05) is 19.0 Å². The summed E-state index contributed by atoms with van der Waals surface area (Å²) in [6.45, 7) is 13.0. The molecule has 6 aromatic carbocycles. The standard InChI is InChI=1S/C84H90N4OS2/c1-9-13-17-21-25-58-29-40-64(41-30-58)83(65-42-31-59(32-43-65)26-22-18-14-10-2)73-53-71-74(52-70(73)80-75(83)51-69(90-80)50-39-62-37-48-68(49-38-62)88(7)8)84(66-44-33-60(34-45-66)27-23-19-15-11-3,67-46-35-61(36-47-67)28-24-20-16-12-4)76-54-77(91-81(71)76)78-72(57-87)79(63(55-85)56-86)89-82(78,5)6/h29-54H,9-28H2,1-8H3/b50-39+. The molecular weight excluding hydrogens is 1150 g/mol. The smallest absolute Gasteiger partial charge is 0.172 e. The number of nitriles is 3. The molecule has 0 fully saturated rings. The molecule has 11 rings (SSSR count). The number of rotatable bonds is 28. The molecule has 0 bridgehead atoms. The van der Waals surface area contributed by atoms with Gasteiger partial charge in [0.15, 0.2) is 11.3 Å². The zero-order valence-corrected chi connectivity index (χ0v) is 56.8. The van der Waals surface area contributed by atoms with Crippen LogP contribution >= 0.6 is 22.7 Å². The van der Waals surface area contributed by atoms with Gasteiger partial charge < -0.3 is 9.64 Å². The van der Waals surface area contributed by atoms with Gasteiger partial charge in [-0.2, -0.15) is 15.8 Å². The summed E-state index contributed by atoms with van der Waals surface area (Å²) in [7, 11) is 4.18. The lowest BCUT2D eigenvalue weighted by atomic mass is 9.65. The Hall–Kier alpha value is -7.99. The molecule has 7 heteroatoms. The Balaban J connectivity index is 1.21. The predicted molar refractivity (Wildman–Crippen MR) is 384 cm³/mol. The van der Waals surface area contributed by atoms with E-state index in [9.17, 15) is 15.8 Å². The highest BCUT2D eigenvalue weighted by Gasteiger charge is 2.54. The minimum atomic E-state index is -1.02. The predicted octanol–water partition coefficient (Wildman–Crippen LogP) is 22.7. The fourth-order valence-electron chi connectivity index (χ4n) is 14.8. The Morgan fingerprint density at radius 2 is 0.857 bits per heavy atom. The van der Waals surface area contributed by atoms with Crippen LogP contribution in [0.1, 0.15) is 226 Å². The van der Waals surface area contributed by atoms with Crippen molar-refractivity contribution in [3.05, 3.63) is 245 Å². The maximum atomic E-state index is 11.1. The highest BCUT2D eigenvalue weighted by Crippen LogP contribution is 2.66. The van der Waals surface area contributed by atoms with Crippen LogP contribution in [0.2, 0.25) is 0 Å². The first kappa shape index (κ1) is 64.5. The van der Waals surface area contributed by atoms with Gasteiger partial charge in [-0.05, 0) is 191 Å². The first-order chi connectivity index (χ1) is 44.4. The van der Waals surface area contributed by atoms with Gasteiger partial charge in [0.05, 0.1) is 10.8 Å². The van der Waals surface area contributed by atoms with Crippen LogP contribution < -0.4 is 4.90 Å². The van der Waals surface area contributed by atoms with E-state index >= 15 is 0 Å². The number of nitrogens with zero attached hydrogens (tertiary/aromatic N) is 4. The SMILES string of the molecule is CCCCCCc1ccc(C2(c3ccc(CCCCCC)cc3)c3cc4c(cc3-c3sc(/C=C/c5ccc(N(C)C)cc5)cc32)C(c2ccc(CCCCCC)cc2)(c2ccc(CCCCCC)cc2)c2cc(C3=C(C#N)C(=C(C#N)C#N)OC3(C)C)sc2-4)cc1. The summed E-state index contributed by atoms with van der Waals surface area (Å²) in [6.07, 6.45) is 28.2. The average molecular weight is 1240 g/mol. The van der Waals surface area contributed by atoms with Crippen molar-refractivity contribution in [1.29, 1.82) is 15.8 Å². The molecule has 0 amide bonds. The molecule has 8 aromatic rings. The van der Waals surface area contributed by atoms with Crippen LogP contribution in [-0.2, 0) is 41.3 Å². The van der Waals surface area contributed by atoms with E-state index < -0.39 is 16.4 Å². The minimum absolute atomic E-state index is 0.0564. The van der Waals surface area contributed by atoms with Gasteiger partial charge >= 0.3 is 0 Å². The third-order valence-corrected chi connectivity index (χ3v) is 22.0. The third kappa shape index (κ3) is 12.6. The van der Waals surface area contributed by atoms with E-state index in [1.54, 1.807) is 11.3 Å². The van der Waals surface area contributed by atoms with Crippen molar-refractivity contribution in [3.8, 4) is 39.1 Å². The number of thiophene rings is 2. The highest BCUT2D eigenvalue weighted by molar-refractivity contribution is 7.17. The average Bonchev–Trinajstić information content (AvgIpc) is 1.50. The van der Waals surface area contributed by atoms with Gasteiger partial charge in [0, 0.05) is 44.9 Å². The van der Waals surface area contributed by atoms with Crippen molar-refractivity contribution >= 4 is 46.1 Å². The van der Waals surface area contributed by atoms with Gasteiger partial charge in [-0.1, -0.05) is 220 Å². The van der Waals surface area contributed by atoms with Gasteiger partial charge in [0.1, 0.15) is 29.4 Å². The maximum absolute atomic E-state index is 11.1. The Labute approximate surface area is 552 Å². The Bertz CT molecular complexity index is 3960. The van der Waals surface area contributed by atoms with E-state index in [1.165, 1.54) is 178 Å². The van der Waals surface area contributed by atoms with Gasteiger partial charge in [0.25, 0.3) is 0 Å². The zero-order valence-electron chi connectivity index (χ0n) is 55.2. The first-order valence-corrected chi connectivity index (χ1v) is 35.7. The molecule has 3 aliphatic rings. The molecule has 0 N–H and O–H groups in total. The molecule has 2 aliphatic carbocycles. The lowest BCUT2D eigenvalue weighted by Gasteiger charge is -2.36. The number of ether oxygens (including phenoxy) is 1. The number of anilines is 1. The van der Waals surface area contributed by atoms with Gasteiger partial charge in [-0.3, -0.25) is 0 Å². The molecule has 3 heterocycles. The van der Waals surface area contributed by atoms with Crippen LogP contribution in [0.3, 0.4) is 0 Å². The molecule has 5 nitrogen and oxygen atoms in total. The Morgan fingerprint density at radius 3 is 1.23 bits per heavy atom. The van der Waals surface area contributed by atoms with Crippen molar-refractivity contribution in [3.63, 3.8) is 0 Å². The highest BCUT2D eigenvalue weighted by atomic mass is 32.1. The molecule has 464 valence electrons. The van der Waals surface area contributed by atoms with Crippen LogP contribution in [0.25, 0.3) is 38.6 Å². The summed E-state index contributed by atoms with van der Waals surface area (Å²) in [6, 6.07) is 64.1. The molecule has 91 heavy (non-hydrogen) atoms. The summed E-state index contributed by atoms with van der Waals surface area (Å²) in [5, 5.41) is 31.7. The summed E-state index contributed by atoms with van der Waals surface area (Å²) in [4.78, 5) is 6.70. The Kier molecular flexibility index (Phi) is 20.3. The van der Waals surface area contributed by atoms with Crippen molar-refractivity contribution in [2.45, 2.75) is 186 Å². The molecule has 0 unspecified atom stereocenters. The fourth-order valence-corrected chi connectivity index (χ4v) is 17.4. The molecule has 0 atom stereocenters. The number of unbranched alkanes of at least 4 members (excludes halogenated alkanes) is 12. The van der Waals surface area contributed by atoms with E-state index in [0.29, 0.717) is 5.57 Å². The van der Waals surface area contributed by atoms with Crippen LogP contribution in [-0.4, -0.2) is 19.7 Å². The second-order valence-electron chi connectivity index (χ2n) is 26.4. The number of hydrogen-bond acceptors (Lipinski definition) is 7.